The van der Waals surface area contributed by atoms with E-state index in [9.17, 15) is 18.4 Å². The monoisotopic (exact) mass is 522 g/mol. The van der Waals surface area contributed by atoms with Crippen LogP contribution in [0.2, 0.25) is 5.15 Å². The Bertz CT molecular complexity index is 1320. The average Bonchev–Trinajstić information content (AvgIpc) is 2.85. The summed E-state index contributed by atoms with van der Waals surface area (Å²) in [6, 6.07) is 14.8. The Labute approximate surface area is 236 Å². The molecule has 5 rings (SSSR count). The van der Waals surface area contributed by atoms with E-state index in [1.807, 2.05) is 35.2 Å². The van der Waals surface area contributed by atoms with Gasteiger partial charge in [0.15, 0.2) is 16.8 Å². The number of piperidine rings is 2. The van der Waals surface area contributed by atoms with E-state index in [-0.39, 0.29) is 47.6 Å². The van der Waals surface area contributed by atoms with Crippen LogP contribution in [0.25, 0.3) is 0 Å². The molecule has 2 aliphatic rings. The maximum absolute atomic E-state index is 14.0. The summed E-state index contributed by atoms with van der Waals surface area (Å²) in [5.74, 6) is -2.00. The van der Waals surface area contributed by atoms with Crippen molar-refractivity contribution in [1.29, 1.82) is 0 Å². The summed E-state index contributed by atoms with van der Waals surface area (Å²) in [6.07, 6.45) is 3.06. The molecular formula is C26H26ClF2N4NaO2. The number of benzene rings is 2. The molecule has 0 N–H and O–H groups in total. The molecule has 10 heteroatoms. The Balaban J connectivity index is 0.00000190. The summed E-state index contributed by atoms with van der Waals surface area (Å²) in [5, 5.41) is 4.44. The van der Waals surface area contributed by atoms with Crippen molar-refractivity contribution in [2.75, 3.05) is 22.9 Å². The van der Waals surface area contributed by atoms with Gasteiger partial charge in [-0.15, -0.1) is 0 Å². The quantitative estimate of drug-likeness (QED) is 0.491. The molecule has 3 aromatic rings. The number of hydrogen-bond donors (Lipinski definition) is 0. The summed E-state index contributed by atoms with van der Waals surface area (Å²) in [4.78, 5) is 29.8. The number of nitrogens with zero attached hydrogens (tertiary/aromatic N) is 4. The minimum absolute atomic E-state index is 0. The second-order valence-corrected chi connectivity index (χ2v) is 9.58. The van der Waals surface area contributed by atoms with Crippen molar-refractivity contribution in [2.24, 2.45) is 0 Å². The molecule has 36 heavy (non-hydrogen) atoms. The molecule has 1 aromatic heterocycles. The minimum Gasteiger partial charge on any atom is -1.00 e. The number of carbonyl (C=O) groups is 1. The van der Waals surface area contributed by atoms with Gasteiger partial charge in [0.1, 0.15) is 5.69 Å². The van der Waals surface area contributed by atoms with Gasteiger partial charge in [0, 0.05) is 37.3 Å². The van der Waals surface area contributed by atoms with Crippen molar-refractivity contribution in [1.82, 2.24) is 9.78 Å². The molecular weight excluding hydrogens is 497 g/mol. The molecule has 0 radical (unpaired) electrons. The third kappa shape index (κ3) is 5.23. The van der Waals surface area contributed by atoms with Gasteiger partial charge in [0.05, 0.1) is 12.1 Å². The SMILES string of the molecule is O=C1CCCC2(CCN(c3cc(Cl)nn(Cc4ccccc4)c3=O)CC2)N1c1ccc(F)c(F)c1.[H-].[Na+]. The molecule has 2 saturated heterocycles. The van der Waals surface area contributed by atoms with Gasteiger partial charge in [0.2, 0.25) is 5.91 Å². The van der Waals surface area contributed by atoms with E-state index in [1.54, 1.807) is 11.0 Å². The number of anilines is 2. The van der Waals surface area contributed by atoms with Gasteiger partial charge in [-0.3, -0.25) is 9.59 Å². The van der Waals surface area contributed by atoms with Gasteiger partial charge in [-0.05, 0) is 43.4 Å². The molecule has 2 aliphatic heterocycles. The molecule has 184 valence electrons. The molecule has 1 amide bonds. The topological polar surface area (TPSA) is 58.4 Å². The number of hydrogen-bond acceptors (Lipinski definition) is 4. The van der Waals surface area contributed by atoms with Gasteiger partial charge in [-0.2, -0.15) is 5.10 Å². The van der Waals surface area contributed by atoms with Crippen LogP contribution in [0, 0.1) is 11.6 Å². The first-order valence-electron chi connectivity index (χ1n) is 11.7. The summed E-state index contributed by atoms with van der Waals surface area (Å²) in [7, 11) is 0. The maximum Gasteiger partial charge on any atom is 1.00 e. The Morgan fingerprint density at radius 3 is 2.39 bits per heavy atom. The zero-order valence-electron chi connectivity index (χ0n) is 21.1. The van der Waals surface area contributed by atoms with Crippen molar-refractivity contribution < 1.29 is 44.6 Å². The Kier molecular flexibility index (Phi) is 8.19. The van der Waals surface area contributed by atoms with Crippen molar-refractivity contribution in [2.45, 2.75) is 44.2 Å². The molecule has 3 heterocycles. The first kappa shape index (κ1) is 26.8. The van der Waals surface area contributed by atoms with Crippen molar-refractivity contribution in [3.8, 4) is 0 Å². The van der Waals surface area contributed by atoms with Crippen LogP contribution in [-0.4, -0.2) is 34.3 Å². The van der Waals surface area contributed by atoms with E-state index in [1.165, 1.54) is 10.7 Å². The smallest absolute Gasteiger partial charge is 1.00 e. The van der Waals surface area contributed by atoms with Crippen LogP contribution in [0.3, 0.4) is 0 Å². The van der Waals surface area contributed by atoms with E-state index >= 15 is 0 Å². The zero-order valence-corrected chi connectivity index (χ0v) is 22.8. The van der Waals surface area contributed by atoms with Gasteiger partial charge in [-0.1, -0.05) is 41.9 Å². The summed E-state index contributed by atoms with van der Waals surface area (Å²) in [6.45, 7) is 1.35. The van der Waals surface area contributed by atoms with Gasteiger partial charge < -0.3 is 11.2 Å². The first-order valence-corrected chi connectivity index (χ1v) is 12.1. The molecule has 0 atom stereocenters. The van der Waals surface area contributed by atoms with Crippen molar-refractivity contribution in [3.05, 3.63) is 87.3 Å². The Hall–Kier alpha value is -2.26. The number of carbonyl (C=O) groups excluding carboxylic acids is 1. The number of aromatic nitrogens is 2. The normalized spacial score (nSPS) is 17.2. The number of rotatable bonds is 4. The standard InChI is InChI=1S/C26H25ClF2N4O2.Na.H/c27-23-16-22(25(35)32(30-23)17-18-5-2-1-3-6-18)31-13-11-26(12-14-31)10-4-7-24(34)33(26)19-8-9-20(28)21(29)15-19;;/h1-3,5-6,8-9,15-16H,4,7,10-14,17H2;;/q;+1;-1. The van der Waals surface area contributed by atoms with Crippen LogP contribution in [-0.2, 0) is 11.3 Å². The minimum atomic E-state index is -0.973. The molecule has 2 aromatic carbocycles. The molecule has 0 bridgehead atoms. The predicted octanol–water partition coefficient (Wildman–Crippen LogP) is 1.90. The van der Waals surface area contributed by atoms with Gasteiger partial charge >= 0.3 is 29.6 Å². The zero-order chi connectivity index (χ0) is 24.6. The number of amides is 1. The van der Waals surface area contributed by atoms with E-state index in [0.717, 1.165) is 30.5 Å². The molecule has 0 unspecified atom stereocenters. The summed E-state index contributed by atoms with van der Waals surface area (Å²) >= 11 is 6.28. The second kappa shape index (κ2) is 11.0. The Morgan fingerprint density at radius 2 is 1.69 bits per heavy atom. The second-order valence-electron chi connectivity index (χ2n) is 9.19. The van der Waals surface area contributed by atoms with Crippen LogP contribution < -0.4 is 44.9 Å². The van der Waals surface area contributed by atoms with Crippen LogP contribution in [0.5, 0.6) is 0 Å². The third-order valence-electron chi connectivity index (χ3n) is 7.05. The van der Waals surface area contributed by atoms with Gasteiger partial charge in [0.25, 0.3) is 5.56 Å². The predicted molar refractivity (Wildman–Crippen MR) is 132 cm³/mol. The third-order valence-corrected chi connectivity index (χ3v) is 7.24. The van der Waals surface area contributed by atoms with E-state index in [4.69, 9.17) is 11.6 Å². The molecule has 0 aliphatic carbocycles. The summed E-state index contributed by atoms with van der Waals surface area (Å²) in [5.41, 5.74) is 1.05. The van der Waals surface area contributed by atoms with Crippen molar-refractivity contribution >= 4 is 28.9 Å². The molecule has 2 fully saturated rings. The molecule has 0 saturated carbocycles. The van der Waals surface area contributed by atoms with Crippen LogP contribution in [0.4, 0.5) is 20.2 Å². The fourth-order valence-electron chi connectivity index (χ4n) is 5.32. The summed E-state index contributed by atoms with van der Waals surface area (Å²) < 4.78 is 28.9. The van der Waals surface area contributed by atoms with Crippen molar-refractivity contribution in [3.63, 3.8) is 0 Å². The fraction of sp³-hybridized carbons (Fsp3) is 0.346. The number of halogens is 3. The maximum atomic E-state index is 14.0. The van der Waals surface area contributed by atoms with Gasteiger partial charge in [-0.25, -0.2) is 13.5 Å². The first-order chi connectivity index (χ1) is 16.9. The average molecular weight is 523 g/mol. The molecule has 6 nitrogen and oxygen atoms in total. The largest absolute Gasteiger partial charge is 1.00 e. The van der Waals surface area contributed by atoms with E-state index in [0.29, 0.717) is 50.3 Å². The van der Waals surface area contributed by atoms with Crippen LogP contribution in [0.1, 0.15) is 39.1 Å². The fourth-order valence-corrected chi connectivity index (χ4v) is 5.52. The van der Waals surface area contributed by atoms with E-state index in [2.05, 4.69) is 5.10 Å². The van der Waals surface area contributed by atoms with Crippen LogP contribution >= 0.6 is 11.6 Å². The van der Waals surface area contributed by atoms with E-state index < -0.39 is 17.2 Å². The Morgan fingerprint density at radius 1 is 0.972 bits per heavy atom. The molecule has 1 spiro atoms. The van der Waals surface area contributed by atoms with Crippen LogP contribution in [0.15, 0.2) is 59.4 Å².